The Labute approximate surface area is 93.9 Å². The molecule has 15 heavy (non-hydrogen) atoms. The van der Waals surface area contributed by atoms with Gasteiger partial charge in [-0.25, -0.2) is 0 Å². The zero-order valence-corrected chi connectivity index (χ0v) is 9.55. The smallest absolute Gasteiger partial charge is 0.256 e. The first kappa shape index (κ1) is 10.5. The van der Waals surface area contributed by atoms with Crippen LogP contribution in [0.2, 0.25) is 0 Å². The molecule has 3 nitrogen and oxygen atoms in total. The summed E-state index contributed by atoms with van der Waals surface area (Å²) in [7, 11) is 0. The molecule has 0 spiro atoms. The minimum absolute atomic E-state index is 0.107. The van der Waals surface area contributed by atoms with Crippen molar-refractivity contribution < 1.29 is 4.79 Å². The largest absolute Gasteiger partial charge is 0.390 e. The van der Waals surface area contributed by atoms with E-state index in [9.17, 15) is 4.79 Å². The maximum atomic E-state index is 12.1. The molecular formula is C11H16N2OS. The number of carbonyl (C=O) groups excluding carboxylic acids is 1. The van der Waals surface area contributed by atoms with Gasteiger partial charge in [0.1, 0.15) is 0 Å². The second-order valence-electron chi connectivity index (χ2n) is 3.90. The molecule has 0 aromatic carbocycles. The third-order valence-corrected chi connectivity index (χ3v) is 3.56. The minimum atomic E-state index is 0.107. The maximum Gasteiger partial charge on any atom is 0.256 e. The third-order valence-electron chi connectivity index (χ3n) is 2.82. The van der Waals surface area contributed by atoms with E-state index in [0.29, 0.717) is 10.6 Å². The lowest BCUT2D eigenvalue weighted by atomic mass is 10.2. The van der Waals surface area contributed by atoms with E-state index in [2.05, 4.69) is 0 Å². The van der Waals surface area contributed by atoms with Crippen LogP contribution in [-0.4, -0.2) is 23.9 Å². The summed E-state index contributed by atoms with van der Waals surface area (Å²) in [5, 5.41) is 2.52. The van der Waals surface area contributed by atoms with E-state index in [1.807, 2.05) is 16.3 Å². The number of thiophene rings is 1. The highest BCUT2D eigenvalue weighted by atomic mass is 32.1. The first-order valence-corrected chi connectivity index (χ1v) is 6.29. The summed E-state index contributed by atoms with van der Waals surface area (Å²) in [6.07, 6.45) is 4.72. The van der Waals surface area contributed by atoms with Crippen molar-refractivity contribution in [1.29, 1.82) is 0 Å². The average Bonchev–Trinajstić information content (AvgIpc) is 2.53. The van der Waals surface area contributed by atoms with Gasteiger partial charge in [0.05, 0.1) is 10.6 Å². The zero-order valence-electron chi connectivity index (χ0n) is 8.74. The molecule has 2 rings (SSSR count). The quantitative estimate of drug-likeness (QED) is 0.796. The molecular weight excluding hydrogens is 208 g/mol. The number of carbonyl (C=O) groups is 1. The third kappa shape index (κ3) is 2.31. The van der Waals surface area contributed by atoms with E-state index in [1.165, 1.54) is 24.2 Å². The number of hydrogen-bond donors (Lipinski definition) is 1. The second-order valence-corrected chi connectivity index (χ2v) is 4.85. The van der Waals surface area contributed by atoms with Gasteiger partial charge >= 0.3 is 0 Å². The minimum Gasteiger partial charge on any atom is -0.390 e. The first-order valence-electron chi connectivity index (χ1n) is 5.41. The Morgan fingerprint density at radius 1 is 1.27 bits per heavy atom. The van der Waals surface area contributed by atoms with E-state index < -0.39 is 0 Å². The first-order chi connectivity index (χ1) is 7.29. The molecule has 82 valence electrons. The van der Waals surface area contributed by atoms with Crippen LogP contribution in [0.25, 0.3) is 0 Å². The van der Waals surface area contributed by atoms with Gasteiger partial charge in [0, 0.05) is 13.1 Å². The van der Waals surface area contributed by atoms with Gasteiger partial charge in [0.15, 0.2) is 0 Å². The number of anilines is 1. The predicted molar refractivity (Wildman–Crippen MR) is 63.1 cm³/mol. The Balaban J connectivity index is 2.09. The van der Waals surface area contributed by atoms with Gasteiger partial charge in [-0.3, -0.25) is 4.79 Å². The van der Waals surface area contributed by atoms with Crippen molar-refractivity contribution >= 4 is 22.2 Å². The molecule has 0 radical (unpaired) electrons. The number of hydrogen-bond acceptors (Lipinski definition) is 3. The molecule has 1 aromatic heterocycles. The molecule has 0 aliphatic carbocycles. The highest BCUT2D eigenvalue weighted by Gasteiger charge is 2.19. The Bertz CT molecular complexity index is 340. The van der Waals surface area contributed by atoms with Gasteiger partial charge in [0.25, 0.3) is 5.91 Å². The van der Waals surface area contributed by atoms with Gasteiger partial charge in [-0.05, 0) is 24.3 Å². The van der Waals surface area contributed by atoms with E-state index in [-0.39, 0.29) is 5.91 Å². The van der Waals surface area contributed by atoms with Gasteiger partial charge in [-0.1, -0.05) is 12.8 Å². The van der Waals surface area contributed by atoms with E-state index >= 15 is 0 Å². The molecule has 1 aliphatic rings. The number of likely N-dealkylation sites (tertiary alicyclic amines) is 1. The van der Waals surface area contributed by atoms with Crippen LogP contribution in [0, 0.1) is 0 Å². The lowest BCUT2D eigenvalue weighted by Gasteiger charge is -2.19. The van der Waals surface area contributed by atoms with Crippen LogP contribution in [0.5, 0.6) is 0 Å². The lowest BCUT2D eigenvalue weighted by molar-refractivity contribution is 0.0763. The number of nitrogen functional groups attached to an aromatic ring is 1. The van der Waals surface area contributed by atoms with Crippen LogP contribution >= 0.6 is 11.3 Å². The van der Waals surface area contributed by atoms with Crippen LogP contribution in [0.15, 0.2) is 11.4 Å². The van der Waals surface area contributed by atoms with Crippen LogP contribution in [0.1, 0.15) is 36.0 Å². The Morgan fingerprint density at radius 2 is 1.93 bits per heavy atom. The van der Waals surface area contributed by atoms with Gasteiger partial charge in [0.2, 0.25) is 0 Å². The molecule has 0 unspecified atom stereocenters. The number of nitrogens with two attached hydrogens (primary N) is 1. The van der Waals surface area contributed by atoms with Gasteiger partial charge in [-0.15, -0.1) is 11.3 Å². The van der Waals surface area contributed by atoms with E-state index in [1.54, 1.807) is 0 Å². The van der Waals surface area contributed by atoms with Crippen LogP contribution in [0.3, 0.4) is 0 Å². The Morgan fingerprint density at radius 3 is 2.47 bits per heavy atom. The highest BCUT2D eigenvalue weighted by molar-refractivity contribution is 7.14. The lowest BCUT2D eigenvalue weighted by Crippen LogP contribution is -2.31. The predicted octanol–water partition coefficient (Wildman–Crippen LogP) is 2.35. The van der Waals surface area contributed by atoms with Crippen molar-refractivity contribution in [3.63, 3.8) is 0 Å². The van der Waals surface area contributed by atoms with E-state index in [4.69, 9.17) is 5.73 Å². The highest BCUT2D eigenvalue weighted by Crippen LogP contribution is 2.22. The van der Waals surface area contributed by atoms with Crippen LogP contribution in [0.4, 0.5) is 5.00 Å². The summed E-state index contributed by atoms with van der Waals surface area (Å²) in [5.41, 5.74) is 6.44. The number of nitrogens with zero attached hydrogens (tertiary/aromatic N) is 1. The SMILES string of the molecule is Nc1sccc1C(=O)N1CCCCCC1. The summed E-state index contributed by atoms with van der Waals surface area (Å²) in [6, 6.07) is 1.83. The van der Waals surface area contributed by atoms with E-state index in [0.717, 1.165) is 25.9 Å². The standard InChI is InChI=1S/C11H16N2OS/c12-10-9(5-8-15-10)11(14)13-6-3-1-2-4-7-13/h5,8H,1-4,6-7,12H2. The topological polar surface area (TPSA) is 46.3 Å². The summed E-state index contributed by atoms with van der Waals surface area (Å²) < 4.78 is 0. The van der Waals surface area contributed by atoms with Crippen LogP contribution in [-0.2, 0) is 0 Å². The normalized spacial score (nSPS) is 17.5. The fourth-order valence-electron chi connectivity index (χ4n) is 1.94. The van der Waals surface area contributed by atoms with Crippen molar-refractivity contribution in [1.82, 2.24) is 4.90 Å². The van der Waals surface area contributed by atoms with Crippen LogP contribution < -0.4 is 5.73 Å². The fourth-order valence-corrected chi connectivity index (χ4v) is 2.57. The van der Waals surface area contributed by atoms with Crippen molar-refractivity contribution in [3.05, 3.63) is 17.0 Å². The molecule has 1 saturated heterocycles. The number of rotatable bonds is 1. The number of amides is 1. The molecule has 4 heteroatoms. The Hall–Kier alpha value is -1.03. The zero-order chi connectivity index (χ0) is 10.7. The van der Waals surface area contributed by atoms with Gasteiger partial charge < -0.3 is 10.6 Å². The molecule has 1 aliphatic heterocycles. The molecule has 0 bridgehead atoms. The molecule has 1 fully saturated rings. The molecule has 1 aromatic rings. The summed E-state index contributed by atoms with van der Waals surface area (Å²) in [5.74, 6) is 0.107. The van der Waals surface area contributed by atoms with Crippen molar-refractivity contribution in [2.24, 2.45) is 0 Å². The summed E-state index contributed by atoms with van der Waals surface area (Å²) in [4.78, 5) is 14.0. The maximum absolute atomic E-state index is 12.1. The van der Waals surface area contributed by atoms with Crippen molar-refractivity contribution in [2.75, 3.05) is 18.8 Å². The molecule has 0 saturated carbocycles. The molecule has 2 heterocycles. The molecule has 2 N–H and O–H groups in total. The summed E-state index contributed by atoms with van der Waals surface area (Å²) >= 11 is 1.43. The Kier molecular flexibility index (Phi) is 3.26. The fraction of sp³-hybridized carbons (Fsp3) is 0.545. The molecule has 0 atom stereocenters. The molecule has 1 amide bonds. The van der Waals surface area contributed by atoms with Crippen molar-refractivity contribution in [2.45, 2.75) is 25.7 Å². The van der Waals surface area contributed by atoms with Crippen molar-refractivity contribution in [3.8, 4) is 0 Å². The second kappa shape index (κ2) is 4.66. The van der Waals surface area contributed by atoms with Gasteiger partial charge in [-0.2, -0.15) is 0 Å². The average molecular weight is 224 g/mol. The summed E-state index contributed by atoms with van der Waals surface area (Å²) in [6.45, 7) is 1.77. The monoisotopic (exact) mass is 224 g/mol.